The summed E-state index contributed by atoms with van der Waals surface area (Å²) < 4.78 is 0. The fraction of sp³-hybridized carbons (Fsp3) is 0.286. The monoisotopic (exact) mass is 321 g/mol. The SMILES string of the molecule is CCN(C/C=C/C#CC(C)(C)C(=O)O)c1cccc2ccccc12. The van der Waals surface area contributed by atoms with E-state index in [0.717, 1.165) is 13.1 Å². The van der Waals surface area contributed by atoms with Gasteiger partial charge in [0.25, 0.3) is 0 Å². The fourth-order valence-electron chi connectivity index (χ4n) is 2.40. The quantitative estimate of drug-likeness (QED) is 0.833. The van der Waals surface area contributed by atoms with E-state index in [1.54, 1.807) is 19.9 Å². The van der Waals surface area contributed by atoms with Crippen LogP contribution >= 0.6 is 0 Å². The number of fused-ring (bicyclic) bond motifs is 1. The zero-order valence-electron chi connectivity index (χ0n) is 14.4. The fourth-order valence-corrected chi connectivity index (χ4v) is 2.40. The third kappa shape index (κ3) is 4.17. The molecule has 0 fully saturated rings. The third-order valence-electron chi connectivity index (χ3n) is 3.94. The highest BCUT2D eigenvalue weighted by Gasteiger charge is 2.23. The molecule has 0 amide bonds. The number of likely N-dealkylation sites (N-methyl/N-ethyl adjacent to an activating group) is 1. The van der Waals surface area contributed by atoms with Gasteiger partial charge in [-0.05, 0) is 38.3 Å². The normalized spacial score (nSPS) is 11.3. The second kappa shape index (κ2) is 7.70. The van der Waals surface area contributed by atoms with Crippen LogP contribution < -0.4 is 4.90 Å². The first-order valence-corrected chi connectivity index (χ1v) is 8.09. The first-order valence-electron chi connectivity index (χ1n) is 8.09. The highest BCUT2D eigenvalue weighted by atomic mass is 16.4. The van der Waals surface area contributed by atoms with Crippen LogP contribution in [0.25, 0.3) is 10.8 Å². The zero-order chi connectivity index (χ0) is 17.6. The summed E-state index contributed by atoms with van der Waals surface area (Å²) in [5, 5.41) is 11.5. The van der Waals surface area contributed by atoms with Crippen molar-refractivity contribution in [2.24, 2.45) is 5.41 Å². The predicted molar refractivity (Wildman–Crippen MR) is 100 cm³/mol. The van der Waals surface area contributed by atoms with Crippen LogP contribution in [0.15, 0.2) is 54.6 Å². The summed E-state index contributed by atoms with van der Waals surface area (Å²) in [5.74, 6) is 4.69. The van der Waals surface area contributed by atoms with Crippen molar-refractivity contribution in [1.82, 2.24) is 0 Å². The van der Waals surface area contributed by atoms with E-state index in [-0.39, 0.29) is 0 Å². The lowest BCUT2D eigenvalue weighted by Crippen LogP contribution is -2.22. The van der Waals surface area contributed by atoms with Crippen LogP contribution in [0.2, 0.25) is 0 Å². The van der Waals surface area contributed by atoms with Crippen molar-refractivity contribution >= 4 is 22.4 Å². The first-order chi connectivity index (χ1) is 11.5. The Labute approximate surface area is 143 Å². The van der Waals surface area contributed by atoms with Gasteiger partial charge >= 0.3 is 5.97 Å². The molecule has 0 atom stereocenters. The van der Waals surface area contributed by atoms with Crippen molar-refractivity contribution in [1.29, 1.82) is 0 Å². The van der Waals surface area contributed by atoms with Crippen LogP contribution in [0.1, 0.15) is 20.8 Å². The Morgan fingerprint density at radius 1 is 1.21 bits per heavy atom. The predicted octanol–water partition coefficient (Wildman–Crippen LogP) is 4.34. The Kier molecular flexibility index (Phi) is 5.65. The maximum Gasteiger partial charge on any atom is 0.321 e. The number of carboxylic acids is 1. The summed E-state index contributed by atoms with van der Waals surface area (Å²) in [5.41, 5.74) is 0.170. The molecule has 0 radical (unpaired) electrons. The minimum Gasteiger partial charge on any atom is -0.480 e. The summed E-state index contributed by atoms with van der Waals surface area (Å²) in [4.78, 5) is 13.3. The number of carbonyl (C=O) groups is 1. The molecule has 2 aromatic rings. The third-order valence-corrected chi connectivity index (χ3v) is 3.94. The minimum atomic E-state index is -1.02. The molecule has 2 aromatic carbocycles. The van der Waals surface area contributed by atoms with E-state index in [1.807, 2.05) is 12.1 Å². The molecule has 0 saturated carbocycles. The van der Waals surface area contributed by atoms with Gasteiger partial charge in [-0.2, -0.15) is 0 Å². The molecule has 0 spiro atoms. The van der Waals surface area contributed by atoms with Gasteiger partial charge in [-0.25, -0.2) is 0 Å². The number of rotatable bonds is 5. The number of anilines is 1. The summed E-state index contributed by atoms with van der Waals surface area (Å²) in [6.45, 7) is 6.93. The van der Waals surface area contributed by atoms with Crippen LogP contribution in [-0.4, -0.2) is 24.2 Å². The lowest BCUT2D eigenvalue weighted by atomic mass is 9.95. The molecule has 0 unspecified atom stereocenters. The Bertz CT molecular complexity index is 804. The molecule has 124 valence electrons. The van der Waals surface area contributed by atoms with Crippen molar-refractivity contribution in [2.75, 3.05) is 18.0 Å². The number of allylic oxidation sites excluding steroid dienone is 1. The van der Waals surface area contributed by atoms with Gasteiger partial charge in [-0.3, -0.25) is 4.79 Å². The molecule has 0 heterocycles. The lowest BCUT2D eigenvalue weighted by molar-refractivity contribution is -0.143. The van der Waals surface area contributed by atoms with E-state index in [9.17, 15) is 4.79 Å². The summed E-state index contributed by atoms with van der Waals surface area (Å²) in [6, 6.07) is 14.6. The smallest absolute Gasteiger partial charge is 0.321 e. The number of benzene rings is 2. The highest BCUT2D eigenvalue weighted by Crippen LogP contribution is 2.26. The van der Waals surface area contributed by atoms with Crippen LogP contribution in [0.5, 0.6) is 0 Å². The summed E-state index contributed by atoms with van der Waals surface area (Å²) in [6.07, 6.45) is 3.70. The standard InChI is InChI=1S/C21H23NO2/c1-4-22(16-9-5-8-15-21(2,3)20(23)24)19-14-10-12-17-11-6-7-13-18(17)19/h5-7,9-14H,4,16H2,1-3H3,(H,23,24)/b9-5+. The van der Waals surface area contributed by atoms with Gasteiger partial charge in [0.05, 0.1) is 0 Å². The molecular formula is C21H23NO2. The van der Waals surface area contributed by atoms with Gasteiger partial charge in [-0.15, -0.1) is 0 Å². The molecule has 0 aromatic heterocycles. The van der Waals surface area contributed by atoms with Crippen LogP contribution in [-0.2, 0) is 4.79 Å². The Hall–Kier alpha value is -2.73. The average Bonchev–Trinajstić information content (AvgIpc) is 2.57. The number of carboxylic acid groups (broad SMARTS) is 1. The molecule has 3 heteroatoms. The van der Waals surface area contributed by atoms with Crippen molar-refractivity contribution in [3.8, 4) is 11.8 Å². The molecule has 3 nitrogen and oxygen atoms in total. The second-order valence-electron chi connectivity index (χ2n) is 6.14. The molecule has 1 N–H and O–H groups in total. The number of hydrogen-bond donors (Lipinski definition) is 1. The second-order valence-corrected chi connectivity index (χ2v) is 6.14. The van der Waals surface area contributed by atoms with Gasteiger partial charge in [0.2, 0.25) is 0 Å². The van der Waals surface area contributed by atoms with Crippen molar-refractivity contribution in [3.63, 3.8) is 0 Å². The van der Waals surface area contributed by atoms with Crippen LogP contribution in [0.3, 0.4) is 0 Å². The molecule has 0 saturated heterocycles. The number of aliphatic carboxylic acids is 1. The van der Waals surface area contributed by atoms with Crippen molar-refractivity contribution in [2.45, 2.75) is 20.8 Å². The highest BCUT2D eigenvalue weighted by molar-refractivity contribution is 5.94. The molecule has 0 bridgehead atoms. The Morgan fingerprint density at radius 2 is 1.92 bits per heavy atom. The zero-order valence-corrected chi connectivity index (χ0v) is 14.4. The Balaban J connectivity index is 2.14. The Morgan fingerprint density at radius 3 is 2.62 bits per heavy atom. The largest absolute Gasteiger partial charge is 0.480 e. The summed E-state index contributed by atoms with van der Waals surface area (Å²) >= 11 is 0. The van der Waals surface area contributed by atoms with E-state index >= 15 is 0 Å². The maximum absolute atomic E-state index is 11.0. The van der Waals surface area contributed by atoms with Crippen molar-refractivity contribution in [3.05, 3.63) is 54.6 Å². The molecular weight excluding hydrogens is 298 g/mol. The van der Waals surface area contributed by atoms with Gasteiger partial charge in [0.1, 0.15) is 5.41 Å². The van der Waals surface area contributed by atoms with Gasteiger partial charge in [-0.1, -0.05) is 54.3 Å². The van der Waals surface area contributed by atoms with E-state index in [1.165, 1.54) is 16.5 Å². The van der Waals surface area contributed by atoms with Crippen LogP contribution in [0, 0.1) is 17.3 Å². The average molecular weight is 321 g/mol. The summed E-state index contributed by atoms with van der Waals surface area (Å²) in [7, 11) is 0. The van der Waals surface area contributed by atoms with E-state index < -0.39 is 11.4 Å². The first kappa shape index (κ1) is 17.6. The van der Waals surface area contributed by atoms with E-state index in [0.29, 0.717) is 0 Å². The lowest BCUT2D eigenvalue weighted by Gasteiger charge is -2.23. The molecule has 24 heavy (non-hydrogen) atoms. The van der Waals surface area contributed by atoms with Gasteiger partial charge in [0.15, 0.2) is 0 Å². The maximum atomic E-state index is 11.0. The molecule has 0 aliphatic carbocycles. The van der Waals surface area contributed by atoms with Gasteiger partial charge in [0, 0.05) is 24.2 Å². The molecule has 0 aliphatic rings. The molecule has 0 aliphatic heterocycles. The van der Waals surface area contributed by atoms with Gasteiger partial charge < -0.3 is 10.0 Å². The topological polar surface area (TPSA) is 40.5 Å². The van der Waals surface area contributed by atoms with E-state index in [2.05, 4.69) is 60.1 Å². The van der Waals surface area contributed by atoms with E-state index in [4.69, 9.17) is 5.11 Å². The van der Waals surface area contributed by atoms with Crippen LogP contribution in [0.4, 0.5) is 5.69 Å². The van der Waals surface area contributed by atoms with Crippen molar-refractivity contribution < 1.29 is 9.90 Å². The number of hydrogen-bond acceptors (Lipinski definition) is 2. The molecule has 2 rings (SSSR count). The minimum absolute atomic E-state index is 0.729. The number of nitrogens with zero attached hydrogens (tertiary/aromatic N) is 1.